The molecule has 0 aromatic heterocycles. The summed E-state index contributed by atoms with van der Waals surface area (Å²) < 4.78 is 0. The lowest BCUT2D eigenvalue weighted by atomic mass is 9.86. The third-order valence-corrected chi connectivity index (χ3v) is 6.08. The van der Waals surface area contributed by atoms with Gasteiger partial charge in [0.2, 0.25) is 0 Å². The van der Waals surface area contributed by atoms with E-state index in [9.17, 15) is 0 Å². The zero-order valence-electron chi connectivity index (χ0n) is 13.6. The Balaban J connectivity index is 1.34. The van der Waals surface area contributed by atoms with Gasteiger partial charge >= 0.3 is 0 Å². The summed E-state index contributed by atoms with van der Waals surface area (Å²) in [7, 11) is 0. The second kappa shape index (κ2) is 6.99. The maximum atomic E-state index is 6.02. The van der Waals surface area contributed by atoms with Gasteiger partial charge in [-0.15, -0.1) is 0 Å². The van der Waals surface area contributed by atoms with E-state index >= 15 is 0 Å². The Morgan fingerprint density at radius 3 is 2.90 bits per heavy atom. The molecule has 0 aromatic carbocycles. The SMILES string of the molecule is CCN1CCCC1CN=C(N)NCCC1CC2CCC1C2. The Kier molecular flexibility index (Phi) is 5.04. The topological polar surface area (TPSA) is 53.6 Å². The molecular formula is C17H32N4. The molecule has 0 spiro atoms. The molecule has 1 aliphatic heterocycles. The molecule has 4 unspecified atom stereocenters. The summed E-state index contributed by atoms with van der Waals surface area (Å²) in [6, 6.07) is 0.612. The highest BCUT2D eigenvalue weighted by molar-refractivity contribution is 5.77. The van der Waals surface area contributed by atoms with Crippen molar-refractivity contribution < 1.29 is 0 Å². The molecule has 0 aromatic rings. The molecule has 0 amide bonds. The van der Waals surface area contributed by atoms with E-state index in [0.717, 1.165) is 37.4 Å². The molecule has 4 heteroatoms. The van der Waals surface area contributed by atoms with E-state index in [0.29, 0.717) is 12.0 Å². The summed E-state index contributed by atoms with van der Waals surface area (Å²) in [5.41, 5.74) is 6.02. The fraction of sp³-hybridized carbons (Fsp3) is 0.941. The second-order valence-electron chi connectivity index (χ2n) is 7.30. The second-order valence-corrected chi connectivity index (χ2v) is 7.30. The van der Waals surface area contributed by atoms with Crippen LogP contribution in [-0.4, -0.2) is 43.1 Å². The fourth-order valence-corrected chi connectivity index (χ4v) is 4.89. The number of fused-ring (bicyclic) bond motifs is 2. The zero-order chi connectivity index (χ0) is 14.7. The van der Waals surface area contributed by atoms with Crippen LogP contribution in [0.5, 0.6) is 0 Å². The first kappa shape index (κ1) is 15.1. The van der Waals surface area contributed by atoms with Crippen molar-refractivity contribution >= 4 is 5.96 Å². The van der Waals surface area contributed by atoms with Crippen molar-refractivity contribution in [2.45, 2.75) is 57.9 Å². The van der Waals surface area contributed by atoms with Gasteiger partial charge in [-0.3, -0.25) is 9.89 Å². The van der Waals surface area contributed by atoms with Gasteiger partial charge in [-0.25, -0.2) is 0 Å². The number of hydrogen-bond donors (Lipinski definition) is 2. The number of guanidine groups is 1. The molecule has 120 valence electrons. The van der Waals surface area contributed by atoms with Crippen molar-refractivity contribution in [3.05, 3.63) is 0 Å². The first-order chi connectivity index (χ1) is 10.3. The Labute approximate surface area is 129 Å². The van der Waals surface area contributed by atoms with Gasteiger partial charge in [-0.1, -0.05) is 13.3 Å². The van der Waals surface area contributed by atoms with Crippen molar-refractivity contribution in [1.82, 2.24) is 10.2 Å². The van der Waals surface area contributed by atoms with Gasteiger partial charge in [0.15, 0.2) is 5.96 Å². The highest BCUT2D eigenvalue weighted by Gasteiger charge is 2.38. The lowest BCUT2D eigenvalue weighted by Crippen LogP contribution is -2.36. The molecule has 4 atom stereocenters. The van der Waals surface area contributed by atoms with E-state index in [2.05, 4.69) is 22.1 Å². The molecule has 1 heterocycles. The number of nitrogens with two attached hydrogens (primary N) is 1. The van der Waals surface area contributed by atoms with Crippen LogP contribution in [0.4, 0.5) is 0 Å². The third kappa shape index (κ3) is 3.71. The summed E-state index contributed by atoms with van der Waals surface area (Å²) in [6.45, 7) is 6.47. The van der Waals surface area contributed by atoms with E-state index in [4.69, 9.17) is 5.73 Å². The highest BCUT2D eigenvalue weighted by Crippen LogP contribution is 2.49. The Morgan fingerprint density at radius 1 is 1.29 bits per heavy atom. The lowest BCUT2D eigenvalue weighted by Gasteiger charge is -2.22. The molecule has 2 bridgehead atoms. The van der Waals surface area contributed by atoms with E-state index in [1.807, 2.05) is 0 Å². The number of hydrogen-bond acceptors (Lipinski definition) is 2. The molecule has 0 radical (unpaired) electrons. The average Bonchev–Trinajstić information content (AvgIpc) is 3.21. The van der Waals surface area contributed by atoms with Crippen LogP contribution in [0.1, 0.15) is 51.9 Å². The van der Waals surface area contributed by atoms with Crippen LogP contribution in [0.25, 0.3) is 0 Å². The monoisotopic (exact) mass is 292 g/mol. The lowest BCUT2D eigenvalue weighted by molar-refractivity contribution is 0.273. The van der Waals surface area contributed by atoms with Gasteiger partial charge in [0.25, 0.3) is 0 Å². The molecule has 4 nitrogen and oxygen atoms in total. The summed E-state index contributed by atoms with van der Waals surface area (Å²) in [5, 5.41) is 3.34. The minimum Gasteiger partial charge on any atom is -0.370 e. The van der Waals surface area contributed by atoms with E-state index < -0.39 is 0 Å². The summed E-state index contributed by atoms with van der Waals surface area (Å²) in [6.07, 6.45) is 9.81. The van der Waals surface area contributed by atoms with Crippen LogP contribution >= 0.6 is 0 Å². The number of nitrogens with one attached hydrogen (secondary N) is 1. The van der Waals surface area contributed by atoms with Crippen molar-refractivity contribution in [3.8, 4) is 0 Å². The summed E-state index contributed by atoms with van der Waals surface area (Å²) in [4.78, 5) is 7.08. The molecule has 21 heavy (non-hydrogen) atoms. The standard InChI is InChI=1S/C17H32N4/c1-2-21-9-3-4-16(21)12-20-17(18)19-8-7-15-11-13-5-6-14(15)10-13/h13-16H,2-12H2,1H3,(H3,18,19,20). The van der Waals surface area contributed by atoms with Crippen molar-refractivity contribution in [1.29, 1.82) is 0 Å². The molecule has 2 aliphatic carbocycles. The summed E-state index contributed by atoms with van der Waals surface area (Å²) in [5.74, 6) is 3.68. The van der Waals surface area contributed by atoms with Gasteiger partial charge in [0.1, 0.15) is 0 Å². The number of likely N-dealkylation sites (N-methyl/N-ethyl adjacent to an activating group) is 1. The number of rotatable bonds is 6. The van der Waals surface area contributed by atoms with Crippen LogP contribution in [-0.2, 0) is 0 Å². The molecule has 3 aliphatic rings. The first-order valence-electron chi connectivity index (χ1n) is 9.04. The largest absolute Gasteiger partial charge is 0.370 e. The maximum absolute atomic E-state index is 6.02. The minimum absolute atomic E-state index is 0.612. The van der Waals surface area contributed by atoms with Gasteiger partial charge in [-0.2, -0.15) is 0 Å². The van der Waals surface area contributed by atoms with Gasteiger partial charge in [0.05, 0.1) is 6.54 Å². The van der Waals surface area contributed by atoms with Gasteiger partial charge in [-0.05, 0) is 69.4 Å². The predicted octanol–water partition coefficient (Wildman–Crippen LogP) is 2.20. The number of aliphatic imine (C=N–C) groups is 1. The quantitative estimate of drug-likeness (QED) is 0.583. The number of nitrogens with zero attached hydrogens (tertiary/aromatic N) is 2. The molecular weight excluding hydrogens is 260 g/mol. The smallest absolute Gasteiger partial charge is 0.188 e. The van der Waals surface area contributed by atoms with Crippen molar-refractivity contribution in [3.63, 3.8) is 0 Å². The van der Waals surface area contributed by atoms with Crippen LogP contribution in [0.3, 0.4) is 0 Å². The van der Waals surface area contributed by atoms with E-state index in [-0.39, 0.29) is 0 Å². The predicted molar refractivity (Wildman–Crippen MR) is 88.3 cm³/mol. The third-order valence-electron chi connectivity index (χ3n) is 6.08. The minimum atomic E-state index is 0.612. The van der Waals surface area contributed by atoms with Crippen LogP contribution < -0.4 is 11.1 Å². The average molecular weight is 292 g/mol. The van der Waals surface area contributed by atoms with Gasteiger partial charge < -0.3 is 11.1 Å². The maximum Gasteiger partial charge on any atom is 0.188 e. The Morgan fingerprint density at radius 2 is 2.19 bits per heavy atom. The zero-order valence-corrected chi connectivity index (χ0v) is 13.6. The van der Waals surface area contributed by atoms with Crippen LogP contribution in [0.15, 0.2) is 4.99 Å². The molecule has 3 N–H and O–H groups in total. The van der Waals surface area contributed by atoms with Crippen LogP contribution in [0.2, 0.25) is 0 Å². The van der Waals surface area contributed by atoms with Crippen molar-refractivity contribution in [2.75, 3.05) is 26.2 Å². The molecule has 1 saturated heterocycles. The van der Waals surface area contributed by atoms with Crippen LogP contribution in [0, 0.1) is 17.8 Å². The van der Waals surface area contributed by atoms with E-state index in [1.54, 1.807) is 0 Å². The normalized spacial score (nSPS) is 36.5. The highest BCUT2D eigenvalue weighted by atomic mass is 15.2. The fourth-order valence-electron chi connectivity index (χ4n) is 4.89. The number of likely N-dealkylation sites (tertiary alicyclic amines) is 1. The first-order valence-corrected chi connectivity index (χ1v) is 9.04. The molecule has 2 saturated carbocycles. The molecule has 3 rings (SSSR count). The Bertz CT molecular complexity index is 368. The molecule has 3 fully saturated rings. The Hall–Kier alpha value is -0.770. The van der Waals surface area contributed by atoms with Gasteiger partial charge in [0, 0.05) is 12.6 Å². The summed E-state index contributed by atoms with van der Waals surface area (Å²) >= 11 is 0. The van der Waals surface area contributed by atoms with E-state index in [1.165, 1.54) is 51.5 Å². The van der Waals surface area contributed by atoms with Crippen molar-refractivity contribution in [2.24, 2.45) is 28.5 Å².